The first kappa shape index (κ1) is 24.1. The van der Waals surface area contributed by atoms with Crippen molar-refractivity contribution < 1.29 is 23.7 Å². The summed E-state index contributed by atoms with van der Waals surface area (Å²) in [5.41, 5.74) is 5.58. The summed E-state index contributed by atoms with van der Waals surface area (Å²) in [4.78, 5) is 10.9. The van der Waals surface area contributed by atoms with Gasteiger partial charge in [0.1, 0.15) is 0 Å². The monoisotopic (exact) mass is 335 g/mol. The molecule has 8 heteroatoms. The minimum Gasteiger partial charge on any atom is -0.395 e. The molecular weight excluding hydrogens is 302 g/mol. The zero-order valence-electron chi connectivity index (χ0n) is 14.9. The van der Waals surface area contributed by atoms with Crippen molar-refractivity contribution in [1.82, 2.24) is 5.01 Å². The van der Waals surface area contributed by atoms with Gasteiger partial charge in [-0.3, -0.25) is 4.79 Å². The van der Waals surface area contributed by atoms with Crippen LogP contribution in [0.2, 0.25) is 0 Å². The lowest BCUT2D eigenvalue weighted by Crippen LogP contribution is -2.31. The normalized spacial score (nSPS) is 10.9. The van der Waals surface area contributed by atoms with Crippen LogP contribution in [-0.4, -0.2) is 70.7 Å². The van der Waals surface area contributed by atoms with E-state index < -0.39 is 0 Å². The molecule has 4 N–H and O–H groups in total. The number of nitrogens with zero attached hydrogens (tertiary/aromatic N) is 1. The van der Waals surface area contributed by atoms with E-state index in [0.717, 1.165) is 0 Å². The van der Waals surface area contributed by atoms with Gasteiger partial charge in [-0.05, 0) is 0 Å². The van der Waals surface area contributed by atoms with Gasteiger partial charge in [0.05, 0.1) is 58.5 Å². The Labute approximate surface area is 139 Å². The van der Waals surface area contributed by atoms with Crippen molar-refractivity contribution in [2.24, 2.45) is 11.6 Å². The number of hydrogen-bond donors (Lipinski definition) is 2. The predicted molar refractivity (Wildman–Crippen MR) is 89.5 cm³/mol. The van der Waals surface area contributed by atoms with E-state index >= 15 is 0 Å². The molecule has 23 heavy (non-hydrogen) atoms. The average Bonchev–Trinajstić information content (AvgIpc) is 2.54. The highest BCUT2D eigenvalue weighted by Gasteiger charge is 2.00. The van der Waals surface area contributed by atoms with Gasteiger partial charge < -0.3 is 29.7 Å². The van der Waals surface area contributed by atoms with Gasteiger partial charge in [0.2, 0.25) is 0 Å². The van der Waals surface area contributed by atoms with E-state index in [2.05, 4.69) is 0 Å². The van der Waals surface area contributed by atoms with E-state index in [1.165, 1.54) is 18.1 Å². The first-order chi connectivity index (χ1) is 11.1. The van der Waals surface area contributed by atoms with Gasteiger partial charge in [0.15, 0.2) is 5.78 Å². The highest BCUT2D eigenvalue weighted by molar-refractivity contribution is 5.92. The summed E-state index contributed by atoms with van der Waals surface area (Å²) >= 11 is 0. The molecule has 0 unspecified atom stereocenters. The van der Waals surface area contributed by atoms with E-state index in [9.17, 15) is 4.79 Å². The molecule has 0 fully saturated rings. The van der Waals surface area contributed by atoms with Crippen molar-refractivity contribution in [1.29, 1.82) is 0 Å². The number of methoxy groups -OCH3 is 1. The van der Waals surface area contributed by atoms with Gasteiger partial charge in [-0.25, -0.2) is 5.84 Å². The van der Waals surface area contributed by atoms with E-state index in [1.54, 1.807) is 7.11 Å². The lowest BCUT2D eigenvalue weighted by Gasteiger charge is -2.14. The molecular formula is C15H33N3O5. The Morgan fingerprint density at radius 1 is 0.957 bits per heavy atom. The topological polar surface area (TPSA) is 109 Å². The molecule has 0 heterocycles. The van der Waals surface area contributed by atoms with Crippen LogP contribution in [0.3, 0.4) is 0 Å². The second-order valence-electron chi connectivity index (χ2n) is 4.21. The van der Waals surface area contributed by atoms with E-state index in [-0.39, 0.29) is 11.5 Å². The fourth-order valence-corrected chi connectivity index (χ4v) is 1.19. The Kier molecular flexibility index (Phi) is 19.7. The SMILES string of the molecule is CC.COCCOCCOCCOCCN(N)/C=C(\N)C(C)=O. The summed E-state index contributed by atoms with van der Waals surface area (Å²) in [6, 6.07) is 0. The Hall–Kier alpha value is -1.19. The van der Waals surface area contributed by atoms with Gasteiger partial charge in [0.25, 0.3) is 0 Å². The van der Waals surface area contributed by atoms with Crippen LogP contribution >= 0.6 is 0 Å². The molecule has 0 aliphatic carbocycles. The molecule has 8 nitrogen and oxygen atoms in total. The second kappa shape index (κ2) is 18.9. The van der Waals surface area contributed by atoms with Gasteiger partial charge in [0, 0.05) is 20.2 Å². The summed E-state index contributed by atoms with van der Waals surface area (Å²) in [7, 11) is 1.63. The summed E-state index contributed by atoms with van der Waals surface area (Å²) in [5, 5.41) is 1.32. The van der Waals surface area contributed by atoms with Crippen LogP contribution < -0.4 is 11.6 Å². The van der Waals surface area contributed by atoms with Crippen LogP contribution in [0.25, 0.3) is 0 Å². The Bertz CT molecular complexity index is 301. The zero-order chi connectivity index (χ0) is 17.9. The number of carbonyl (C=O) groups is 1. The Morgan fingerprint density at radius 3 is 1.83 bits per heavy atom. The molecule has 0 rings (SSSR count). The van der Waals surface area contributed by atoms with Crippen molar-refractivity contribution in [3.63, 3.8) is 0 Å². The van der Waals surface area contributed by atoms with Gasteiger partial charge in [-0.1, -0.05) is 13.8 Å². The van der Waals surface area contributed by atoms with E-state index in [1.807, 2.05) is 13.8 Å². The minimum atomic E-state index is -0.215. The summed E-state index contributed by atoms with van der Waals surface area (Å²) in [6.45, 7) is 9.41. The van der Waals surface area contributed by atoms with Gasteiger partial charge in [-0.15, -0.1) is 0 Å². The number of allylic oxidation sites excluding steroid dienone is 1. The molecule has 0 aromatic heterocycles. The molecule has 0 bridgehead atoms. The number of hydrazine groups is 1. The molecule has 0 atom stereocenters. The lowest BCUT2D eigenvalue weighted by atomic mass is 10.3. The predicted octanol–water partition coefficient (Wildman–Crippen LogP) is 0.274. The third-order valence-corrected chi connectivity index (χ3v) is 2.38. The smallest absolute Gasteiger partial charge is 0.176 e. The van der Waals surface area contributed by atoms with Gasteiger partial charge in [-0.2, -0.15) is 0 Å². The number of carbonyl (C=O) groups excluding carboxylic acids is 1. The molecule has 138 valence electrons. The molecule has 0 spiro atoms. The summed E-state index contributed by atoms with van der Waals surface area (Å²) in [5.74, 6) is 5.40. The molecule has 0 amide bonds. The van der Waals surface area contributed by atoms with Crippen molar-refractivity contribution in [2.75, 3.05) is 59.9 Å². The highest BCUT2D eigenvalue weighted by atomic mass is 16.6. The van der Waals surface area contributed by atoms with Crippen LogP contribution in [-0.2, 0) is 23.7 Å². The van der Waals surface area contributed by atoms with Crippen molar-refractivity contribution in [3.05, 3.63) is 11.9 Å². The first-order valence-corrected chi connectivity index (χ1v) is 7.79. The van der Waals surface area contributed by atoms with E-state index in [0.29, 0.717) is 52.8 Å². The van der Waals surface area contributed by atoms with Crippen LogP contribution in [0, 0.1) is 0 Å². The minimum absolute atomic E-state index is 0.120. The number of ether oxygens (including phenoxy) is 4. The van der Waals surface area contributed by atoms with Crippen LogP contribution in [0.1, 0.15) is 20.8 Å². The molecule has 0 radical (unpaired) electrons. The fourth-order valence-electron chi connectivity index (χ4n) is 1.19. The molecule has 0 aromatic carbocycles. The quantitative estimate of drug-likeness (QED) is 0.201. The first-order valence-electron chi connectivity index (χ1n) is 7.79. The van der Waals surface area contributed by atoms with Crippen LogP contribution in [0.5, 0.6) is 0 Å². The van der Waals surface area contributed by atoms with Crippen molar-refractivity contribution >= 4 is 5.78 Å². The lowest BCUT2D eigenvalue weighted by molar-refractivity contribution is -0.113. The number of ketones is 1. The average molecular weight is 335 g/mol. The van der Waals surface area contributed by atoms with Crippen molar-refractivity contribution in [2.45, 2.75) is 20.8 Å². The molecule has 0 saturated carbocycles. The third-order valence-electron chi connectivity index (χ3n) is 2.38. The largest absolute Gasteiger partial charge is 0.395 e. The highest BCUT2D eigenvalue weighted by Crippen LogP contribution is 1.89. The molecule has 0 saturated heterocycles. The third kappa shape index (κ3) is 18.8. The number of rotatable bonds is 14. The molecule has 0 aliphatic rings. The maximum Gasteiger partial charge on any atom is 0.176 e. The second-order valence-corrected chi connectivity index (χ2v) is 4.21. The molecule has 0 aromatic rings. The van der Waals surface area contributed by atoms with Crippen molar-refractivity contribution in [3.8, 4) is 0 Å². The Morgan fingerprint density at radius 2 is 1.39 bits per heavy atom. The van der Waals surface area contributed by atoms with Crippen LogP contribution in [0.15, 0.2) is 11.9 Å². The summed E-state index contributed by atoms with van der Waals surface area (Å²) in [6.07, 6.45) is 1.39. The standard InChI is InChI=1S/C13H27N3O5.C2H6/c1-12(17)13(14)11-16(15)3-4-19-7-8-21-10-9-20-6-5-18-2;1-2/h11H,3-10,14-15H2,1-2H3;1-2H3/b13-11-;. The van der Waals surface area contributed by atoms with Crippen LogP contribution in [0.4, 0.5) is 0 Å². The maximum absolute atomic E-state index is 10.9. The number of hydrogen-bond acceptors (Lipinski definition) is 8. The number of nitrogens with two attached hydrogens (primary N) is 2. The zero-order valence-corrected chi connectivity index (χ0v) is 14.9. The van der Waals surface area contributed by atoms with E-state index in [4.69, 9.17) is 30.5 Å². The fraction of sp³-hybridized carbons (Fsp3) is 0.800. The summed E-state index contributed by atoms with van der Waals surface area (Å²) < 4.78 is 20.7. The maximum atomic E-state index is 10.9. The molecule has 0 aliphatic heterocycles. The number of Topliss-reactive ketones (excluding diaryl/α,β-unsaturated/α-hetero) is 1. The Balaban J connectivity index is 0. The van der Waals surface area contributed by atoms with Gasteiger partial charge >= 0.3 is 0 Å².